The van der Waals surface area contributed by atoms with Crippen LogP contribution in [0.5, 0.6) is 0 Å². The molecule has 21 heavy (non-hydrogen) atoms. The van der Waals surface area contributed by atoms with Crippen LogP contribution >= 0.6 is 0 Å². The van der Waals surface area contributed by atoms with E-state index in [2.05, 4.69) is 53.8 Å². The number of hydrogen-bond donors (Lipinski definition) is 1. The van der Waals surface area contributed by atoms with Gasteiger partial charge in [0.2, 0.25) is 0 Å². The monoisotopic (exact) mass is 285 g/mol. The van der Waals surface area contributed by atoms with Crippen molar-refractivity contribution in [1.82, 2.24) is 0 Å². The van der Waals surface area contributed by atoms with Crippen molar-refractivity contribution in [2.24, 2.45) is 0 Å². The lowest BCUT2D eigenvalue weighted by Gasteiger charge is -2.31. The van der Waals surface area contributed by atoms with Crippen molar-refractivity contribution in [2.75, 3.05) is 13.2 Å². The Balaban J connectivity index is 0.000000510. The standard InChI is InChI=1S/C14H16BNO.2C2H6/c1-3-7-13(8-4-1)15(16-11-12-17-15)14-9-5-2-6-10-14;2*1-2/h1-10H,11-12,16H2;2*1-2H3. The van der Waals surface area contributed by atoms with Crippen molar-refractivity contribution in [3.05, 3.63) is 60.7 Å². The quantitative estimate of drug-likeness (QED) is 0.838. The Morgan fingerprint density at radius 3 is 1.52 bits per heavy atom. The summed E-state index contributed by atoms with van der Waals surface area (Å²) in [7, 11) is 0. The fourth-order valence-corrected chi connectivity index (χ4v) is 2.76. The van der Waals surface area contributed by atoms with E-state index in [1.54, 1.807) is 0 Å². The molecule has 0 radical (unpaired) electrons. The second-order valence-corrected chi connectivity index (χ2v) is 4.57. The van der Waals surface area contributed by atoms with Crippen molar-refractivity contribution < 1.29 is 9.88 Å². The molecule has 1 fully saturated rings. The largest absolute Gasteiger partial charge is 0.528 e. The van der Waals surface area contributed by atoms with Gasteiger partial charge in [0.1, 0.15) is 0 Å². The molecule has 1 heterocycles. The van der Waals surface area contributed by atoms with E-state index in [1.807, 2.05) is 39.8 Å². The van der Waals surface area contributed by atoms with E-state index in [0.717, 1.165) is 13.2 Å². The first kappa shape index (κ1) is 17.5. The summed E-state index contributed by atoms with van der Waals surface area (Å²) in [6, 6.07) is 21.1. The van der Waals surface area contributed by atoms with Gasteiger partial charge in [-0.25, -0.2) is 0 Å². The molecule has 2 N–H and O–H groups in total. The number of quaternary nitrogens is 1. The van der Waals surface area contributed by atoms with E-state index in [4.69, 9.17) is 4.65 Å². The zero-order valence-corrected chi connectivity index (χ0v) is 13.8. The number of rotatable bonds is 2. The minimum absolute atomic E-state index is 0.823. The maximum atomic E-state index is 6.12. The summed E-state index contributed by atoms with van der Waals surface area (Å²) < 4.78 is 6.12. The molecule has 1 saturated heterocycles. The fraction of sp³-hybridized carbons (Fsp3) is 0.333. The summed E-state index contributed by atoms with van der Waals surface area (Å²) >= 11 is 0. The predicted octanol–water partition coefficient (Wildman–Crippen LogP) is 1.89. The van der Waals surface area contributed by atoms with Crippen LogP contribution in [-0.4, -0.2) is 19.6 Å². The molecule has 114 valence electrons. The second-order valence-electron chi connectivity index (χ2n) is 4.57. The van der Waals surface area contributed by atoms with Gasteiger partial charge in [0.15, 0.2) is 0 Å². The molecule has 3 heteroatoms. The van der Waals surface area contributed by atoms with Crippen molar-refractivity contribution in [2.45, 2.75) is 27.7 Å². The lowest BCUT2D eigenvalue weighted by Crippen LogP contribution is -3.04. The molecule has 0 aliphatic carbocycles. The molecule has 0 spiro atoms. The smallest absolute Gasteiger partial charge is 0.388 e. The molecule has 2 aromatic carbocycles. The van der Waals surface area contributed by atoms with Crippen molar-refractivity contribution >= 4 is 17.4 Å². The fourth-order valence-electron chi connectivity index (χ4n) is 2.76. The van der Waals surface area contributed by atoms with E-state index < -0.39 is 6.48 Å². The highest BCUT2D eigenvalue weighted by atomic mass is 16.5. The molecule has 1 aliphatic rings. The highest BCUT2D eigenvalue weighted by Crippen LogP contribution is 2.02. The Morgan fingerprint density at radius 1 is 0.762 bits per heavy atom. The average molecular weight is 285 g/mol. The van der Waals surface area contributed by atoms with E-state index in [-0.39, 0.29) is 0 Å². The van der Waals surface area contributed by atoms with E-state index in [0.29, 0.717) is 0 Å². The van der Waals surface area contributed by atoms with Crippen LogP contribution in [-0.2, 0) is 4.65 Å². The molecular weight excluding hydrogens is 257 g/mol. The van der Waals surface area contributed by atoms with Crippen LogP contribution in [0, 0.1) is 0 Å². The number of nitrogens with two attached hydrogens (primary N) is 1. The third-order valence-corrected chi connectivity index (χ3v) is 3.59. The van der Waals surface area contributed by atoms with Gasteiger partial charge in [-0.2, -0.15) is 0 Å². The molecule has 2 nitrogen and oxygen atoms in total. The molecule has 0 aromatic heterocycles. The summed E-state index contributed by atoms with van der Waals surface area (Å²) in [4.78, 5) is 0. The van der Waals surface area contributed by atoms with Crippen molar-refractivity contribution in [3.8, 4) is 0 Å². The molecule has 0 amide bonds. The predicted molar refractivity (Wildman–Crippen MR) is 93.3 cm³/mol. The summed E-state index contributed by atoms with van der Waals surface area (Å²) in [5.41, 5.74) is 2.55. The summed E-state index contributed by atoms with van der Waals surface area (Å²) in [5, 5.41) is 2.34. The molecule has 1 aliphatic heterocycles. The van der Waals surface area contributed by atoms with Crippen LogP contribution in [0.25, 0.3) is 0 Å². The van der Waals surface area contributed by atoms with Gasteiger partial charge >= 0.3 is 6.48 Å². The van der Waals surface area contributed by atoms with E-state index >= 15 is 0 Å². The van der Waals surface area contributed by atoms with Crippen LogP contribution < -0.4 is 16.2 Å². The van der Waals surface area contributed by atoms with Gasteiger partial charge in [0, 0.05) is 0 Å². The van der Waals surface area contributed by atoms with Gasteiger partial charge in [0.05, 0.1) is 13.2 Å². The van der Waals surface area contributed by atoms with Gasteiger partial charge in [-0.1, -0.05) is 88.4 Å². The van der Waals surface area contributed by atoms with Crippen LogP contribution in [0.1, 0.15) is 27.7 Å². The van der Waals surface area contributed by atoms with Gasteiger partial charge < -0.3 is 9.88 Å². The first-order valence-corrected chi connectivity index (χ1v) is 8.16. The van der Waals surface area contributed by atoms with Gasteiger partial charge in [-0.3, -0.25) is 0 Å². The normalized spacial score (nSPS) is 15.2. The third-order valence-electron chi connectivity index (χ3n) is 3.59. The van der Waals surface area contributed by atoms with Crippen LogP contribution in [0.4, 0.5) is 0 Å². The third kappa shape index (κ3) is 3.96. The maximum Gasteiger partial charge on any atom is 0.388 e. The highest BCUT2D eigenvalue weighted by Gasteiger charge is 2.39. The molecular formula is C18H28BNO. The molecule has 0 atom stereocenters. The summed E-state index contributed by atoms with van der Waals surface area (Å²) in [6.45, 7) is 8.76. The molecule has 0 unspecified atom stereocenters. The Kier molecular flexibility index (Phi) is 7.80. The Morgan fingerprint density at radius 2 is 1.19 bits per heavy atom. The zero-order valence-electron chi connectivity index (χ0n) is 13.8. The van der Waals surface area contributed by atoms with Crippen molar-refractivity contribution in [1.29, 1.82) is 0 Å². The van der Waals surface area contributed by atoms with E-state index in [1.165, 1.54) is 10.9 Å². The second kappa shape index (κ2) is 9.38. The number of benzene rings is 2. The van der Waals surface area contributed by atoms with Crippen LogP contribution in [0.2, 0.25) is 0 Å². The first-order valence-electron chi connectivity index (χ1n) is 8.16. The van der Waals surface area contributed by atoms with Crippen molar-refractivity contribution in [3.63, 3.8) is 0 Å². The summed E-state index contributed by atoms with van der Waals surface area (Å²) in [5.74, 6) is 0. The minimum Gasteiger partial charge on any atom is -0.528 e. The molecule has 0 saturated carbocycles. The maximum absolute atomic E-state index is 6.12. The number of hydrogen-bond acceptors (Lipinski definition) is 1. The van der Waals surface area contributed by atoms with Gasteiger partial charge in [-0.05, 0) is 0 Å². The van der Waals surface area contributed by atoms with Gasteiger partial charge in [-0.15, -0.1) is 10.9 Å². The van der Waals surface area contributed by atoms with Crippen LogP contribution in [0.15, 0.2) is 60.7 Å². The Bertz CT molecular complexity index is 440. The van der Waals surface area contributed by atoms with Gasteiger partial charge in [0.25, 0.3) is 0 Å². The Labute approximate surface area is 129 Å². The average Bonchev–Trinajstić information content (AvgIpc) is 3.11. The first-order chi connectivity index (χ1) is 10.4. The molecule has 3 rings (SSSR count). The lowest BCUT2D eigenvalue weighted by molar-refractivity contribution is -0.514. The molecule has 0 bridgehead atoms. The summed E-state index contributed by atoms with van der Waals surface area (Å²) in [6.07, 6.45) is 0. The zero-order chi connectivity index (χ0) is 15.6. The Hall–Kier alpha value is -1.58. The van der Waals surface area contributed by atoms with E-state index in [9.17, 15) is 0 Å². The highest BCUT2D eigenvalue weighted by molar-refractivity contribution is 6.90. The SMILES string of the molecule is CC.CC.c1ccc([B-]2(c3ccccc3)[NH2+]CCO2)cc1. The topological polar surface area (TPSA) is 25.8 Å². The lowest BCUT2D eigenvalue weighted by atomic mass is 9.42. The minimum atomic E-state index is -1.09. The molecule has 2 aromatic rings. The van der Waals surface area contributed by atoms with Crippen LogP contribution in [0.3, 0.4) is 0 Å².